The van der Waals surface area contributed by atoms with Crippen LogP contribution < -0.4 is 0 Å². The van der Waals surface area contributed by atoms with Crippen molar-refractivity contribution in [1.29, 1.82) is 5.26 Å². The molecule has 2 nitrogen and oxygen atoms in total. The van der Waals surface area contributed by atoms with Gasteiger partial charge in [0.05, 0.1) is 4.70 Å². The van der Waals surface area contributed by atoms with Crippen molar-refractivity contribution in [2.75, 3.05) is 0 Å². The first-order valence-corrected chi connectivity index (χ1v) is 4.41. The number of hydrogen-bond donors (Lipinski definition) is 1. The summed E-state index contributed by atoms with van der Waals surface area (Å²) < 4.78 is 13.6. The summed E-state index contributed by atoms with van der Waals surface area (Å²) in [5.41, 5.74) is -0.282. The van der Waals surface area contributed by atoms with Crippen molar-refractivity contribution >= 4 is 21.4 Å². The molecule has 0 saturated carbocycles. The highest BCUT2D eigenvalue weighted by Crippen LogP contribution is 2.34. The van der Waals surface area contributed by atoms with E-state index in [9.17, 15) is 9.50 Å². The van der Waals surface area contributed by atoms with Gasteiger partial charge in [-0.25, -0.2) is 4.39 Å². The molecule has 2 rings (SSSR count). The number of phenolic OH excluding ortho intramolecular Hbond substituents is 1. The highest BCUT2D eigenvalue weighted by atomic mass is 32.1. The predicted octanol–water partition coefficient (Wildman–Crippen LogP) is 2.62. The molecular weight excluding hydrogens is 189 g/mol. The second-order valence-corrected chi connectivity index (χ2v) is 3.45. The second-order valence-electron chi connectivity index (χ2n) is 2.53. The SMILES string of the molecule is N#Cc1c(F)cc2ccsc2c1O. The largest absolute Gasteiger partial charge is 0.505 e. The molecule has 0 aliphatic rings. The lowest BCUT2D eigenvalue weighted by Crippen LogP contribution is -1.83. The van der Waals surface area contributed by atoms with Crippen molar-refractivity contribution in [3.63, 3.8) is 0 Å². The van der Waals surface area contributed by atoms with Gasteiger partial charge in [0.2, 0.25) is 0 Å². The summed E-state index contributed by atoms with van der Waals surface area (Å²) in [5, 5.41) is 20.4. The minimum atomic E-state index is -0.675. The van der Waals surface area contributed by atoms with Crippen LogP contribution in [0.1, 0.15) is 5.56 Å². The van der Waals surface area contributed by atoms with Gasteiger partial charge >= 0.3 is 0 Å². The molecule has 2 aromatic rings. The van der Waals surface area contributed by atoms with E-state index < -0.39 is 5.82 Å². The van der Waals surface area contributed by atoms with Gasteiger partial charge in [-0.05, 0) is 22.9 Å². The standard InChI is InChI=1S/C9H4FNOS/c10-7-3-5-1-2-13-9(5)8(12)6(7)4-11/h1-3,12H. The molecule has 1 aromatic carbocycles. The van der Waals surface area contributed by atoms with Crippen LogP contribution in [0.4, 0.5) is 4.39 Å². The number of halogens is 1. The Bertz CT molecular complexity index is 512. The molecule has 0 unspecified atom stereocenters. The number of rotatable bonds is 0. The number of phenols is 1. The van der Waals surface area contributed by atoms with Gasteiger partial charge in [-0.2, -0.15) is 5.26 Å². The van der Waals surface area contributed by atoms with E-state index in [-0.39, 0.29) is 11.3 Å². The van der Waals surface area contributed by atoms with Crippen LogP contribution in [0.25, 0.3) is 10.1 Å². The number of benzene rings is 1. The monoisotopic (exact) mass is 193 g/mol. The quantitative estimate of drug-likeness (QED) is 0.698. The fraction of sp³-hybridized carbons (Fsp3) is 0. The number of nitrogens with zero attached hydrogens (tertiary/aromatic N) is 1. The molecule has 0 saturated heterocycles. The third-order valence-electron chi connectivity index (χ3n) is 1.78. The van der Waals surface area contributed by atoms with Crippen molar-refractivity contribution in [3.05, 3.63) is 28.9 Å². The molecule has 13 heavy (non-hydrogen) atoms. The first kappa shape index (κ1) is 8.02. The Morgan fingerprint density at radius 1 is 1.54 bits per heavy atom. The predicted molar refractivity (Wildman–Crippen MR) is 48.2 cm³/mol. The molecule has 0 aliphatic heterocycles. The van der Waals surface area contributed by atoms with E-state index >= 15 is 0 Å². The van der Waals surface area contributed by atoms with Gasteiger partial charge in [-0.1, -0.05) is 0 Å². The number of fused-ring (bicyclic) bond motifs is 1. The summed E-state index contributed by atoms with van der Waals surface area (Å²) in [7, 11) is 0. The van der Waals surface area contributed by atoms with E-state index in [1.165, 1.54) is 17.4 Å². The Kier molecular flexibility index (Phi) is 1.67. The van der Waals surface area contributed by atoms with Crippen LogP contribution in [0.5, 0.6) is 5.75 Å². The van der Waals surface area contributed by atoms with E-state index in [2.05, 4.69) is 0 Å². The van der Waals surface area contributed by atoms with Crippen LogP contribution in [0.3, 0.4) is 0 Å². The average Bonchev–Trinajstić information content (AvgIpc) is 2.53. The third-order valence-corrected chi connectivity index (χ3v) is 2.72. The highest BCUT2D eigenvalue weighted by molar-refractivity contribution is 7.17. The third kappa shape index (κ3) is 1.05. The zero-order valence-electron chi connectivity index (χ0n) is 6.41. The van der Waals surface area contributed by atoms with Crippen molar-refractivity contribution in [1.82, 2.24) is 0 Å². The molecule has 4 heteroatoms. The molecule has 0 bridgehead atoms. The average molecular weight is 193 g/mol. The Morgan fingerprint density at radius 3 is 3.00 bits per heavy atom. The minimum absolute atomic E-state index is 0.257. The fourth-order valence-corrected chi connectivity index (χ4v) is 1.99. The number of thiophene rings is 1. The van der Waals surface area contributed by atoms with Gasteiger partial charge in [0.25, 0.3) is 0 Å². The summed E-state index contributed by atoms with van der Waals surface area (Å²) in [6.45, 7) is 0. The summed E-state index contributed by atoms with van der Waals surface area (Å²) >= 11 is 1.28. The van der Waals surface area contributed by atoms with Gasteiger partial charge in [-0.3, -0.25) is 0 Å². The molecule has 0 fully saturated rings. The molecule has 1 N–H and O–H groups in total. The first-order valence-electron chi connectivity index (χ1n) is 3.53. The number of hydrogen-bond acceptors (Lipinski definition) is 3. The van der Waals surface area contributed by atoms with E-state index in [0.717, 1.165) is 0 Å². The van der Waals surface area contributed by atoms with Crippen LogP contribution in [0.15, 0.2) is 17.5 Å². The minimum Gasteiger partial charge on any atom is -0.505 e. The Hall–Kier alpha value is -1.60. The summed E-state index contributed by atoms with van der Waals surface area (Å²) in [4.78, 5) is 0. The molecule has 0 atom stereocenters. The maximum absolute atomic E-state index is 13.1. The Labute approximate surface area is 77.5 Å². The first-order chi connectivity index (χ1) is 6.24. The van der Waals surface area contributed by atoms with Crippen molar-refractivity contribution < 1.29 is 9.50 Å². The van der Waals surface area contributed by atoms with Gasteiger partial charge in [0, 0.05) is 0 Å². The fourth-order valence-electron chi connectivity index (χ4n) is 1.17. The van der Waals surface area contributed by atoms with Crippen LogP contribution in [0, 0.1) is 17.1 Å². The summed E-state index contributed by atoms with van der Waals surface area (Å²) in [6, 6.07) is 4.58. The normalized spacial score (nSPS) is 10.2. The van der Waals surface area contributed by atoms with Crippen LogP contribution in [0.2, 0.25) is 0 Å². The molecule has 0 amide bonds. The molecule has 0 radical (unpaired) electrons. The van der Waals surface area contributed by atoms with E-state index in [4.69, 9.17) is 5.26 Å². The van der Waals surface area contributed by atoms with Crippen LogP contribution in [-0.4, -0.2) is 5.11 Å². The molecule has 0 aliphatic carbocycles. The smallest absolute Gasteiger partial charge is 0.154 e. The van der Waals surface area contributed by atoms with Crippen molar-refractivity contribution in [3.8, 4) is 11.8 Å². The van der Waals surface area contributed by atoms with Crippen LogP contribution in [-0.2, 0) is 0 Å². The highest BCUT2D eigenvalue weighted by Gasteiger charge is 2.12. The molecule has 0 spiro atoms. The molecule has 64 valence electrons. The zero-order valence-corrected chi connectivity index (χ0v) is 7.23. The lowest BCUT2D eigenvalue weighted by Gasteiger charge is -1.98. The maximum atomic E-state index is 13.1. The lowest BCUT2D eigenvalue weighted by molar-refractivity contribution is 0.474. The Balaban J connectivity index is 2.95. The van der Waals surface area contributed by atoms with E-state index in [0.29, 0.717) is 10.1 Å². The number of nitriles is 1. The van der Waals surface area contributed by atoms with Gasteiger partial charge < -0.3 is 5.11 Å². The van der Waals surface area contributed by atoms with E-state index in [1.54, 1.807) is 17.5 Å². The summed E-state index contributed by atoms with van der Waals surface area (Å²) in [5.74, 6) is -0.932. The lowest BCUT2D eigenvalue weighted by atomic mass is 10.1. The zero-order chi connectivity index (χ0) is 9.42. The number of aromatic hydroxyl groups is 1. The topological polar surface area (TPSA) is 44.0 Å². The van der Waals surface area contributed by atoms with Gasteiger partial charge in [0.1, 0.15) is 17.4 Å². The Morgan fingerprint density at radius 2 is 2.31 bits per heavy atom. The molecule has 1 aromatic heterocycles. The van der Waals surface area contributed by atoms with Gasteiger partial charge in [-0.15, -0.1) is 11.3 Å². The maximum Gasteiger partial charge on any atom is 0.154 e. The molecular formula is C9H4FNOS. The van der Waals surface area contributed by atoms with Crippen molar-refractivity contribution in [2.45, 2.75) is 0 Å². The van der Waals surface area contributed by atoms with Crippen molar-refractivity contribution in [2.24, 2.45) is 0 Å². The second kappa shape index (κ2) is 2.71. The van der Waals surface area contributed by atoms with Gasteiger partial charge in [0.15, 0.2) is 5.75 Å². The van der Waals surface area contributed by atoms with Crippen LogP contribution >= 0.6 is 11.3 Å². The summed E-state index contributed by atoms with van der Waals surface area (Å²) in [6.07, 6.45) is 0. The molecule has 1 heterocycles. The van der Waals surface area contributed by atoms with E-state index in [1.807, 2.05) is 0 Å².